The number of fused-ring (bicyclic) bond motifs is 1. The van der Waals surface area contributed by atoms with Crippen LogP contribution in [-0.4, -0.2) is 33.7 Å². The van der Waals surface area contributed by atoms with Crippen molar-refractivity contribution in [2.24, 2.45) is 0 Å². The molecule has 0 bridgehead atoms. The lowest BCUT2D eigenvalue weighted by atomic mass is 10.2. The third-order valence-electron chi connectivity index (χ3n) is 2.90. The number of hydrogen-bond acceptors (Lipinski definition) is 4. The fraction of sp³-hybridized carbons (Fsp3) is 0.231. The fourth-order valence-electron chi connectivity index (χ4n) is 1.96. The second-order valence-electron chi connectivity index (χ2n) is 4.23. The Morgan fingerprint density at radius 1 is 1.26 bits per heavy atom. The maximum absolute atomic E-state index is 5.14. The van der Waals surface area contributed by atoms with E-state index in [9.17, 15) is 0 Å². The third-order valence-corrected chi connectivity index (χ3v) is 2.90. The number of rotatable bonds is 4. The molecule has 6 heteroatoms. The highest BCUT2D eigenvalue weighted by molar-refractivity contribution is 5.58. The molecule has 2 N–H and O–H groups in total. The van der Waals surface area contributed by atoms with Crippen LogP contribution in [0, 0.1) is 0 Å². The third kappa shape index (κ3) is 2.17. The van der Waals surface area contributed by atoms with E-state index in [0.717, 1.165) is 29.4 Å². The first-order valence-corrected chi connectivity index (χ1v) is 6.03. The summed E-state index contributed by atoms with van der Waals surface area (Å²) in [6, 6.07) is 7.75. The van der Waals surface area contributed by atoms with Crippen LogP contribution in [-0.2, 0) is 6.54 Å². The number of ether oxygens (including phenoxy) is 1. The Bertz CT molecular complexity index is 651. The number of H-pyrrole nitrogens is 1. The normalized spacial score (nSPS) is 11.1. The standard InChI is InChI=1S/C13H15N5O/c1-14-7-10-8-18-13(15-10)16-12(17-18)9-3-5-11(19-2)6-4-9/h3-6,8,14H,7H2,1-2H3,(H,15,16,17). The van der Waals surface area contributed by atoms with Crippen LogP contribution in [0.2, 0.25) is 0 Å². The zero-order valence-corrected chi connectivity index (χ0v) is 10.8. The topological polar surface area (TPSA) is 67.2 Å². The molecule has 0 spiro atoms. The van der Waals surface area contributed by atoms with E-state index in [0.29, 0.717) is 5.78 Å². The summed E-state index contributed by atoms with van der Waals surface area (Å²) in [6.07, 6.45) is 1.94. The summed E-state index contributed by atoms with van der Waals surface area (Å²) in [4.78, 5) is 8.88. The van der Waals surface area contributed by atoms with E-state index < -0.39 is 0 Å². The number of imidazole rings is 1. The van der Waals surface area contributed by atoms with Gasteiger partial charge in [-0.2, -0.15) is 4.98 Å². The molecule has 0 aliphatic rings. The molecule has 2 aromatic heterocycles. The van der Waals surface area contributed by atoms with Crippen LogP contribution in [0.3, 0.4) is 0 Å². The number of benzene rings is 1. The van der Waals surface area contributed by atoms with Crippen LogP contribution in [0.25, 0.3) is 17.2 Å². The Morgan fingerprint density at radius 3 is 2.68 bits per heavy atom. The predicted molar refractivity (Wildman–Crippen MR) is 72.1 cm³/mol. The Labute approximate surface area is 110 Å². The van der Waals surface area contributed by atoms with Crippen molar-refractivity contribution in [3.05, 3.63) is 36.2 Å². The van der Waals surface area contributed by atoms with Crippen LogP contribution >= 0.6 is 0 Å². The van der Waals surface area contributed by atoms with Gasteiger partial charge in [0.05, 0.1) is 19.0 Å². The summed E-state index contributed by atoms with van der Waals surface area (Å²) in [5, 5.41) is 6.26. The number of methoxy groups -OCH3 is 1. The van der Waals surface area contributed by atoms with Crippen molar-refractivity contribution in [3.8, 4) is 17.1 Å². The van der Waals surface area contributed by atoms with Crippen molar-refractivity contribution in [1.29, 1.82) is 0 Å². The van der Waals surface area contributed by atoms with Crippen LogP contribution in [0.1, 0.15) is 5.69 Å². The highest BCUT2D eigenvalue weighted by Gasteiger charge is 2.08. The van der Waals surface area contributed by atoms with Crippen LogP contribution < -0.4 is 10.1 Å². The van der Waals surface area contributed by atoms with Crippen molar-refractivity contribution in [1.82, 2.24) is 24.9 Å². The first kappa shape index (κ1) is 11.7. The Kier molecular flexibility index (Phi) is 2.92. The zero-order chi connectivity index (χ0) is 13.2. The highest BCUT2D eigenvalue weighted by Crippen LogP contribution is 2.19. The van der Waals surface area contributed by atoms with Crippen molar-refractivity contribution in [2.75, 3.05) is 14.2 Å². The number of aromatic nitrogens is 4. The van der Waals surface area contributed by atoms with Gasteiger partial charge in [-0.05, 0) is 31.3 Å². The van der Waals surface area contributed by atoms with Gasteiger partial charge in [-0.15, -0.1) is 0 Å². The minimum absolute atomic E-state index is 0.677. The number of nitrogens with zero attached hydrogens (tertiary/aromatic N) is 3. The molecule has 0 radical (unpaired) electrons. The molecule has 0 fully saturated rings. The molecule has 0 unspecified atom stereocenters. The van der Waals surface area contributed by atoms with Gasteiger partial charge >= 0.3 is 0 Å². The average molecular weight is 257 g/mol. The predicted octanol–water partition coefficient (Wildman–Crippen LogP) is 1.45. The van der Waals surface area contributed by atoms with Crippen molar-refractivity contribution < 1.29 is 4.74 Å². The molecule has 6 nitrogen and oxygen atoms in total. The summed E-state index contributed by atoms with van der Waals surface area (Å²) >= 11 is 0. The Hall–Kier alpha value is -2.34. The summed E-state index contributed by atoms with van der Waals surface area (Å²) in [5.74, 6) is 2.30. The lowest BCUT2D eigenvalue weighted by Crippen LogP contribution is -2.05. The van der Waals surface area contributed by atoms with Gasteiger partial charge in [-0.25, -0.2) is 9.50 Å². The molecular formula is C13H15N5O. The second-order valence-corrected chi connectivity index (χ2v) is 4.23. The van der Waals surface area contributed by atoms with Crippen LogP contribution in [0.15, 0.2) is 30.5 Å². The molecule has 0 saturated heterocycles. The van der Waals surface area contributed by atoms with Gasteiger partial charge in [0.1, 0.15) is 5.75 Å². The maximum Gasteiger partial charge on any atom is 0.251 e. The molecule has 0 aliphatic carbocycles. The van der Waals surface area contributed by atoms with E-state index >= 15 is 0 Å². The number of aromatic amines is 1. The largest absolute Gasteiger partial charge is 0.497 e. The van der Waals surface area contributed by atoms with E-state index in [2.05, 4.69) is 20.4 Å². The summed E-state index contributed by atoms with van der Waals surface area (Å²) < 4.78 is 6.96. The molecule has 3 rings (SSSR count). The highest BCUT2D eigenvalue weighted by atomic mass is 16.5. The van der Waals surface area contributed by atoms with Crippen LogP contribution in [0.4, 0.5) is 0 Å². The maximum atomic E-state index is 5.14. The Balaban J connectivity index is 1.93. The first-order chi connectivity index (χ1) is 9.30. The molecule has 0 amide bonds. The van der Waals surface area contributed by atoms with E-state index in [4.69, 9.17) is 4.74 Å². The van der Waals surface area contributed by atoms with Gasteiger partial charge in [-0.3, -0.25) is 5.10 Å². The second kappa shape index (κ2) is 4.74. The van der Waals surface area contributed by atoms with Gasteiger partial charge < -0.3 is 10.1 Å². The molecular weight excluding hydrogens is 242 g/mol. The van der Waals surface area contributed by atoms with E-state index in [1.54, 1.807) is 7.11 Å². The van der Waals surface area contributed by atoms with Gasteiger partial charge in [0.15, 0.2) is 5.82 Å². The first-order valence-electron chi connectivity index (χ1n) is 6.03. The van der Waals surface area contributed by atoms with Gasteiger partial charge in [0, 0.05) is 12.1 Å². The monoisotopic (exact) mass is 257 g/mol. The fourth-order valence-corrected chi connectivity index (χ4v) is 1.96. The van der Waals surface area contributed by atoms with E-state index in [1.807, 2.05) is 42.0 Å². The minimum atomic E-state index is 0.677. The smallest absolute Gasteiger partial charge is 0.251 e. The summed E-state index contributed by atoms with van der Waals surface area (Å²) in [7, 11) is 3.54. The Morgan fingerprint density at radius 2 is 2.05 bits per heavy atom. The average Bonchev–Trinajstić information content (AvgIpc) is 2.97. The van der Waals surface area contributed by atoms with Gasteiger partial charge in [0.25, 0.3) is 5.78 Å². The van der Waals surface area contributed by atoms with Crippen molar-refractivity contribution in [3.63, 3.8) is 0 Å². The van der Waals surface area contributed by atoms with E-state index in [1.165, 1.54) is 0 Å². The molecule has 3 aromatic rings. The molecule has 0 saturated carbocycles. The molecule has 2 heterocycles. The minimum Gasteiger partial charge on any atom is -0.497 e. The van der Waals surface area contributed by atoms with Crippen molar-refractivity contribution >= 4 is 5.78 Å². The van der Waals surface area contributed by atoms with Crippen molar-refractivity contribution in [2.45, 2.75) is 6.54 Å². The molecule has 19 heavy (non-hydrogen) atoms. The zero-order valence-electron chi connectivity index (χ0n) is 10.8. The SMILES string of the molecule is CNCc1cn2[nH]c(-c3ccc(OC)cc3)nc2n1. The molecule has 0 atom stereocenters. The molecule has 0 aliphatic heterocycles. The molecule has 1 aromatic carbocycles. The van der Waals surface area contributed by atoms with Gasteiger partial charge in [-0.1, -0.05) is 0 Å². The quantitative estimate of drug-likeness (QED) is 0.742. The summed E-state index contributed by atoms with van der Waals surface area (Å²) in [5.41, 5.74) is 1.96. The number of nitrogens with one attached hydrogen (secondary N) is 2. The lowest BCUT2D eigenvalue weighted by molar-refractivity contribution is 0.415. The van der Waals surface area contributed by atoms with E-state index in [-0.39, 0.29) is 0 Å². The molecule has 98 valence electrons. The number of hydrogen-bond donors (Lipinski definition) is 2. The van der Waals surface area contributed by atoms with Crippen LogP contribution in [0.5, 0.6) is 5.75 Å². The summed E-state index contributed by atoms with van der Waals surface area (Å²) in [6.45, 7) is 0.731. The van der Waals surface area contributed by atoms with Gasteiger partial charge in [0.2, 0.25) is 0 Å². The lowest BCUT2D eigenvalue weighted by Gasteiger charge is -2.00.